The molecule has 0 radical (unpaired) electrons. The fourth-order valence-electron chi connectivity index (χ4n) is 1.55. The Hall–Kier alpha value is -2.04. The van der Waals surface area contributed by atoms with Gasteiger partial charge in [0.05, 0.1) is 14.2 Å². The van der Waals surface area contributed by atoms with Gasteiger partial charge in [-0.2, -0.15) is 0 Å². The highest BCUT2D eigenvalue weighted by Gasteiger charge is 2.17. The van der Waals surface area contributed by atoms with Crippen molar-refractivity contribution in [3.05, 3.63) is 23.3 Å². The van der Waals surface area contributed by atoms with Gasteiger partial charge in [0.25, 0.3) is 0 Å². The number of aldehydes is 1. The lowest BCUT2D eigenvalue weighted by Crippen LogP contribution is -2.04. The normalized spacial score (nSPS) is 9.76. The van der Waals surface area contributed by atoms with E-state index in [-0.39, 0.29) is 11.3 Å². The molecule has 0 aliphatic heterocycles. The Labute approximate surface area is 99.0 Å². The minimum Gasteiger partial charge on any atom is -0.493 e. The van der Waals surface area contributed by atoms with E-state index in [9.17, 15) is 9.59 Å². The van der Waals surface area contributed by atoms with Crippen LogP contribution in [0.1, 0.15) is 22.3 Å². The van der Waals surface area contributed by atoms with Crippen LogP contribution in [0.15, 0.2) is 12.1 Å². The number of aromatic carboxylic acids is 1. The predicted octanol–water partition coefficient (Wildman–Crippen LogP) is 1.53. The fourth-order valence-corrected chi connectivity index (χ4v) is 1.55. The van der Waals surface area contributed by atoms with Crippen molar-refractivity contribution in [3.63, 3.8) is 0 Å². The van der Waals surface area contributed by atoms with Gasteiger partial charge < -0.3 is 19.4 Å². The third-order valence-electron chi connectivity index (χ3n) is 2.32. The Bertz CT molecular complexity index is 425. The molecule has 0 saturated carbocycles. The second-order valence-electron chi connectivity index (χ2n) is 3.39. The van der Waals surface area contributed by atoms with Gasteiger partial charge in [-0.25, -0.2) is 4.79 Å². The quantitative estimate of drug-likeness (QED) is 0.761. The number of ether oxygens (including phenoxy) is 2. The molecule has 0 fully saturated rings. The van der Waals surface area contributed by atoms with E-state index in [2.05, 4.69) is 0 Å². The summed E-state index contributed by atoms with van der Waals surface area (Å²) in [7, 11) is 2.82. The number of carboxylic acid groups (broad SMARTS) is 1. The van der Waals surface area contributed by atoms with Gasteiger partial charge in [-0.1, -0.05) is 0 Å². The predicted molar refractivity (Wildman–Crippen MR) is 60.9 cm³/mol. The Morgan fingerprint density at radius 1 is 1.35 bits per heavy atom. The van der Waals surface area contributed by atoms with E-state index in [1.54, 1.807) is 6.07 Å². The first-order chi connectivity index (χ1) is 8.13. The summed E-state index contributed by atoms with van der Waals surface area (Å²) in [6.07, 6.45) is 1.61. The maximum Gasteiger partial charge on any atom is 0.339 e. The van der Waals surface area contributed by atoms with E-state index in [0.29, 0.717) is 18.6 Å². The fraction of sp³-hybridized carbons (Fsp3) is 0.333. The zero-order valence-electron chi connectivity index (χ0n) is 9.73. The molecule has 17 heavy (non-hydrogen) atoms. The Morgan fingerprint density at radius 3 is 2.53 bits per heavy atom. The third kappa shape index (κ3) is 2.96. The summed E-state index contributed by atoms with van der Waals surface area (Å²) in [5, 5.41) is 9.06. The molecule has 1 rings (SSSR count). The molecule has 0 aliphatic carbocycles. The number of hydrogen-bond acceptors (Lipinski definition) is 4. The lowest BCUT2D eigenvalue weighted by Gasteiger charge is -2.12. The lowest BCUT2D eigenvalue weighted by molar-refractivity contribution is -0.107. The summed E-state index contributed by atoms with van der Waals surface area (Å²) >= 11 is 0. The largest absolute Gasteiger partial charge is 0.493 e. The summed E-state index contributed by atoms with van der Waals surface area (Å²) in [5.41, 5.74) is 0.764. The Morgan fingerprint density at radius 2 is 2.06 bits per heavy atom. The standard InChI is InChI=1S/C12H14O5/c1-16-10-7-8(4-3-5-13)6-9(12(14)15)11(10)17-2/h5-7H,3-4H2,1-2H3,(H,14,15). The van der Waals surface area contributed by atoms with Crippen molar-refractivity contribution in [2.45, 2.75) is 12.8 Å². The Balaban J connectivity index is 3.24. The van der Waals surface area contributed by atoms with Crippen molar-refractivity contribution in [3.8, 4) is 11.5 Å². The summed E-state index contributed by atoms with van der Waals surface area (Å²) in [6.45, 7) is 0. The molecule has 0 amide bonds. The number of rotatable bonds is 6. The first kappa shape index (κ1) is 13.0. The van der Waals surface area contributed by atoms with E-state index in [4.69, 9.17) is 14.6 Å². The molecule has 0 spiro atoms. The van der Waals surface area contributed by atoms with E-state index < -0.39 is 5.97 Å². The van der Waals surface area contributed by atoms with Crippen molar-refractivity contribution in [2.24, 2.45) is 0 Å². The van der Waals surface area contributed by atoms with Crippen molar-refractivity contribution < 1.29 is 24.2 Å². The number of methoxy groups -OCH3 is 2. The molecule has 1 aromatic rings. The molecule has 0 aromatic heterocycles. The second-order valence-corrected chi connectivity index (χ2v) is 3.39. The van der Waals surface area contributed by atoms with Crippen LogP contribution in [0.3, 0.4) is 0 Å². The van der Waals surface area contributed by atoms with Crippen LogP contribution in [-0.4, -0.2) is 31.6 Å². The highest BCUT2D eigenvalue weighted by Crippen LogP contribution is 2.32. The highest BCUT2D eigenvalue weighted by atomic mass is 16.5. The van der Waals surface area contributed by atoms with Crippen LogP contribution in [-0.2, 0) is 11.2 Å². The number of carbonyl (C=O) groups is 2. The SMILES string of the molecule is COc1cc(CCC=O)cc(C(=O)O)c1OC. The van der Waals surface area contributed by atoms with Crippen LogP contribution in [0.2, 0.25) is 0 Å². The molecule has 0 atom stereocenters. The smallest absolute Gasteiger partial charge is 0.339 e. The molecular formula is C12H14O5. The molecule has 1 N–H and O–H groups in total. The minimum absolute atomic E-state index is 0.0350. The van der Waals surface area contributed by atoms with E-state index in [1.165, 1.54) is 20.3 Å². The van der Waals surface area contributed by atoms with Gasteiger partial charge in [0.15, 0.2) is 11.5 Å². The van der Waals surface area contributed by atoms with Crippen LogP contribution < -0.4 is 9.47 Å². The molecule has 0 unspecified atom stereocenters. The first-order valence-electron chi connectivity index (χ1n) is 5.05. The number of aryl methyl sites for hydroxylation is 1. The van der Waals surface area contributed by atoms with Gasteiger partial charge in [-0.15, -0.1) is 0 Å². The number of carboxylic acids is 1. The third-order valence-corrected chi connectivity index (χ3v) is 2.32. The first-order valence-corrected chi connectivity index (χ1v) is 5.05. The van der Waals surface area contributed by atoms with Crippen molar-refractivity contribution in [1.82, 2.24) is 0 Å². The van der Waals surface area contributed by atoms with Gasteiger partial charge >= 0.3 is 5.97 Å². The van der Waals surface area contributed by atoms with Crippen molar-refractivity contribution in [1.29, 1.82) is 0 Å². The van der Waals surface area contributed by atoms with Crippen LogP contribution in [0.4, 0.5) is 0 Å². The van der Waals surface area contributed by atoms with Crippen LogP contribution in [0.5, 0.6) is 11.5 Å². The molecular weight excluding hydrogens is 224 g/mol. The molecule has 0 heterocycles. The Kier molecular flexibility index (Phi) is 4.51. The molecule has 1 aromatic carbocycles. The van der Waals surface area contributed by atoms with E-state index in [1.807, 2.05) is 0 Å². The van der Waals surface area contributed by atoms with Gasteiger partial charge in [0.1, 0.15) is 11.8 Å². The lowest BCUT2D eigenvalue weighted by atomic mass is 10.0. The average Bonchev–Trinajstić information content (AvgIpc) is 2.34. The molecule has 0 saturated heterocycles. The summed E-state index contributed by atoms with van der Waals surface area (Å²) in [5.74, 6) is -0.545. The van der Waals surface area contributed by atoms with Crippen LogP contribution >= 0.6 is 0 Å². The van der Waals surface area contributed by atoms with Gasteiger partial charge in [-0.05, 0) is 24.1 Å². The molecule has 0 bridgehead atoms. The molecule has 0 aliphatic rings. The van der Waals surface area contributed by atoms with E-state index >= 15 is 0 Å². The maximum atomic E-state index is 11.1. The number of benzene rings is 1. The summed E-state index contributed by atoms with van der Waals surface area (Å²) in [6, 6.07) is 3.17. The van der Waals surface area contributed by atoms with Crippen LogP contribution in [0, 0.1) is 0 Å². The zero-order valence-corrected chi connectivity index (χ0v) is 9.73. The number of hydrogen-bond donors (Lipinski definition) is 1. The molecule has 5 nitrogen and oxygen atoms in total. The summed E-state index contributed by atoms with van der Waals surface area (Å²) < 4.78 is 10.1. The second kappa shape index (κ2) is 5.89. The summed E-state index contributed by atoms with van der Waals surface area (Å²) in [4.78, 5) is 21.4. The van der Waals surface area contributed by atoms with Crippen molar-refractivity contribution in [2.75, 3.05) is 14.2 Å². The number of carbonyl (C=O) groups excluding carboxylic acids is 1. The molecule has 5 heteroatoms. The molecule has 92 valence electrons. The minimum atomic E-state index is -1.09. The highest BCUT2D eigenvalue weighted by molar-refractivity contribution is 5.92. The average molecular weight is 238 g/mol. The van der Waals surface area contributed by atoms with Gasteiger partial charge in [-0.3, -0.25) is 0 Å². The topological polar surface area (TPSA) is 72.8 Å². The van der Waals surface area contributed by atoms with Gasteiger partial charge in [0, 0.05) is 6.42 Å². The van der Waals surface area contributed by atoms with Crippen LogP contribution in [0.25, 0.3) is 0 Å². The van der Waals surface area contributed by atoms with Gasteiger partial charge in [0.2, 0.25) is 0 Å². The van der Waals surface area contributed by atoms with E-state index in [0.717, 1.165) is 11.8 Å². The zero-order chi connectivity index (χ0) is 12.8. The van der Waals surface area contributed by atoms with Crippen molar-refractivity contribution >= 4 is 12.3 Å². The maximum absolute atomic E-state index is 11.1. The monoisotopic (exact) mass is 238 g/mol.